The molecule has 1 aromatic carbocycles. The number of carbonyl (C=O) groups is 2. The Morgan fingerprint density at radius 2 is 2.24 bits per heavy atom. The van der Waals surface area contributed by atoms with Crippen LogP contribution in [0.1, 0.15) is 12.6 Å². The van der Waals surface area contributed by atoms with Crippen molar-refractivity contribution in [3.05, 3.63) is 48.2 Å². The van der Waals surface area contributed by atoms with E-state index in [0.717, 1.165) is 0 Å². The van der Waals surface area contributed by atoms with E-state index in [-0.39, 0.29) is 24.7 Å². The van der Waals surface area contributed by atoms with Crippen molar-refractivity contribution in [3.63, 3.8) is 0 Å². The predicted molar refractivity (Wildman–Crippen MR) is 99.5 cm³/mol. The van der Waals surface area contributed by atoms with Crippen LogP contribution in [0.5, 0.6) is 0 Å². The van der Waals surface area contributed by atoms with Crippen molar-refractivity contribution in [1.82, 2.24) is 30.1 Å². The Hall–Kier alpha value is -3.76. The molecule has 2 aromatic heterocycles. The van der Waals surface area contributed by atoms with Crippen molar-refractivity contribution in [1.29, 1.82) is 0 Å². The Morgan fingerprint density at radius 3 is 2.93 bits per heavy atom. The van der Waals surface area contributed by atoms with Gasteiger partial charge in [0.2, 0.25) is 5.91 Å². The number of hydrogen-bond donors (Lipinski definition) is 1. The molecule has 1 unspecified atom stereocenters. The second kappa shape index (κ2) is 7.34. The lowest BCUT2D eigenvalue weighted by molar-refractivity contribution is -0.119. The number of anilines is 1. The predicted octanol–water partition coefficient (Wildman–Crippen LogP) is 1.36. The zero-order valence-electron chi connectivity index (χ0n) is 15.7. The van der Waals surface area contributed by atoms with Crippen LogP contribution in [0.4, 0.5) is 14.9 Å². The third kappa shape index (κ3) is 3.53. The summed E-state index contributed by atoms with van der Waals surface area (Å²) in [6.07, 6.45) is 2.24. The number of cyclic esters (lactones) is 1. The maximum Gasteiger partial charge on any atom is 0.414 e. The van der Waals surface area contributed by atoms with E-state index in [1.165, 1.54) is 28.6 Å². The van der Waals surface area contributed by atoms with Gasteiger partial charge in [-0.15, -0.1) is 5.10 Å². The van der Waals surface area contributed by atoms with Crippen molar-refractivity contribution in [2.24, 2.45) is 0 Å². The fourth-order valence-corrected chi connectivity index (χ4v) is 3.09. The largest absolute Gasteiger partial charge is 0.442 e. The molecule has 0 saturated carbocycles. The zero-order chi connectivity index (χ0) is 20.5. The van der Waals surface area contributed by atoms with Gasteiger partial charge >= 0.3 is 6.09 Å². The Bertz CT molecular complexity index is 1060. The SMILES string of the molecule is CC(=O)NCC1CN(c2ccc(-n3nnc(-n4cccn4)c3C)c(F)c2)C(=O)O1. The van der Waals surface area contributed by atoms with E-state index in [4.69, 9.17) is 4.74 Å². The Labute approximate surface area is 164 Å². The lowest BCUT2D eigenvalue weighted by Gasteiger charge is -2.14. The van der Waals surface area contributed by atoms with Gasteiger partial charge in [0.05, 0.1) is 24.5 Å². The first kappa shape index (κ1) is 18.6. The fourth-order valence-electron chi connectivity index (χ4n) is 3.09. The van der Waals surface area contributed by atoms with Gasteiger partial charge in [0.25, 0.3) is 0 Å². The minimum absolute atomic E-state index is 0.194. The van der Waals surface area contributed by atoms with Crippen LogP contribution in [-0.4, -0.2) is 56.0 Å². The summed E-state index contributed by atoms with van der Waals surface area (Å²) in [5, 5.41) is 14.8. The molecule has 0 bridgehead atoms. The number of rotatable bonds is 5. The summed E-state index contributed by atoms with van der Waals surface area (Å²) >= 11 is 0. The number of amides is 2. The van der Waals surface area contributed by atoms with Crippen LogP contribution >= 0.6 is 0 Å². The van der Waals surface area contributed by atoms with Gasteiger partial charge in [-0.1, -0.05) is 5.21 Å². The van der Waals surface area contributed by atoms with E-state index in [0.29, 0.717) is 17.2 Å². The van der Waals surface area contributed by atoms with Crippen LogP contribution in [0, 0.1) is 12.7 Å². The lowest BCUT2D eigenvalue weighted by atomic mass is 10.2. The number of nitrogens with one attached hydrogen (secondary N) is 1. The molecular weight excluding hydrogens is 381 g/mol. The number of benzene rings is 1. The van der Waals surface area contributed by atoms with Crippen LogP contribution in [0.15, 0.2) is 36.7 Å². The topological polar surface area (TPSA) is 107 Å². The van der Waals surface area contributed by atoms with Crippen molar-refractivity contribution in [2.45, 2.75) is 20.0 Å². The Balaban J connectivity index is 1.56. The van der Waals surface area contributed by atoms with Crippen molar-refractivity contribution >= 4 is 17.7 Å². The number of ether oxygens (including phenoxy) is 1. The second-order valence-electron chi connectivity index (χ2n) is 6.55. The number of nitrogens with zero attached hydrogens (tertiary/aromatic N) is 6. The molecule has 1 N–H and O–H groups in total. The summed E-state index contributed by atoms with van der Waals surface area (Å²) in [6, 6.07) is 6.12. The molecule has 1 fully saturated rings. The molecule has 3 heterocycles. The third-order valence-corrected chi connectivity index (χ3v) is 4.52. The quantitative estimate of drug-likeness (QED) is 0.694. The van der Waals surface area contributed by atoms with Crippen LogP contribution in [0.3, 0.4) is 0 Å². The number of carbonyl (C=O) groups excluding carboxylic acids is 2. The highest BCUT2D eigenvalue weighted by Crippen LogP contribution is 2.26. The van der Waals surface area contributed by atoms with Gasteiger partial charge in [-0.05, 0) is 31.2 Å². The molecule has 1 saturated heterocycles. The smallest absolute Gasteiger partial charge is 0.414 e. The molecule has 0 aliphatic carbocycles. The van der Waals surface area contributed by atoms with Crippen LogP contribution in [0.2, 0.25) is 0 Å². The molecule has 150 valence electrons. The van der Waals surface area contributed by atoms with Gasteiger partial charge in [0, 0.05) is 19.3 Å². The average molecular weight is 399 g/mol. The zero-order valence-corrected chi connectivity index (χ0v) is 15.7. The first-order valence-corrected chi connectivity index (χ1v) is 8.89. The van der Waals surface area contributed by atoms with Crippen LogP contribution in [0.25, 0.3) is 11.5 Å². The standard InChI is InChI=1S/C18H18FN7O3/c1-11-17(25-7-3-6-21-25)22-23-26(11)16-5-4-13(8-15(16)19)24-10-14(29-18(24)28)9-20-12(2)27/h3-8,14H,9-10H2,1-2H3,(H,20,27). The normalized spacial score (nSPS) is 16.2. The summed E-state index contributed by atoms with van der Waals surface area (Å²) in [5.41, 5.74) is 1.16. The van der Waals surface area contributed by atoms with E-state index >= 15 is 0 Å². The molecule has 11 heteroatoms. The lowest BCUT2D eigenvalue weighted by Crippen LogP contribution is -2.33. The summed E-state index contributed by atoms with van der Waals surface area (Å²) in [5.74, 6) is -0.296. The number of halogens is 1. The van der Waals surface area contributed by atoms with Gasteiger partial charge < -0.3 is 10.1 Å². The van der Waals surface area contributed by atoms with Crippen molar-refractivity contribution < 1.29 is 18.7 Å². The Morgan fingerprint density at radius 1 is 1.41 bits per heavy atom. The minimum Gasteiger partial charge on any atom is -0.442 e. The molecule has 29 heavy (non-hydrogen) atoms. The number of hydrogen-bond acceptors (Lipinski definition) is 6. The fraction of sp³-hybridized carbons (Fsp3) is 0.278. The molecule has 0 spiro atoms. The molecule has 0 radical (unpaired) electrons. The summed E-state index contributed by atoms with van der Waals surface area (Å²) in [6.45, 7) is 3.55. The van der Waals surface area contributed by atoms with E-state index < -0.39 is 18.0 Å². The molecule has 1 aliphatic heterocycles. The van der Waals surface area contributed by atoms with Crippen LogP contribution < -0.4 is 10.2 Å². The third-order valence-electron chi connectivity index (χ3n) is 4.52. The van der Waals surface area contributed by atoms with Crippen molar-refractivity contribution in [3.8, 4) is 11.5 Å². The highest BCUT2D eigenvalue weighted by Gasteiger charge is 2.32. The second-order valence-corrected chi connectivity index (χ2v) is 6.55. The van der Waals surface area contributed by atoms with E-state index in [9.17, 15) is 14.0 Å². The van der Waals surface area contributed by atoms with Gasteiger partial charge in [0.1, 0.15) is 11.8 Å². The van der Waals surface area contributed by atoms with E-state index in [1.54, 1.807) is 36.1 Å². The Kier molecular flexibility index (Phi) is 4.71. The monoisotopic (exact) mass is 399 g/mol. The molecule has 2 amide bonds. The van der Waals surface area contributed by atoms with Crippen LogP contribution in [-0.2, 0) is 9.53 Å². The number of aromatic nitrogens is 5. The van der Waals surface area contributed by atoms with Gasteiger partial charge in [0.15, 0.2) is 11.6 Å². The highest BCUT2D eigenvalue weighted by atomic mass is 19.1. The average Bonchev–Trinajstić information content (AvgIpc) is 3.40. The van der Waals surface area contributed by atoms with Crippen molar-refractivity contribution in [2.75, 3.05) is 18.0 Å². The molecule has 1 atom stereocenters. The molecule has 3 aromatic rings. The molecule has 10 nitrogen and oxygen atoms in total. The first-order chi connectivity index (χ1) is 13.9. The van der Waals surface area contributed by atoms with E-state index in [1.807, 2.05) is 0 Å². The maximum atomic E-state index is 14.9. The maximum absolute atomic E-state index is 14.9. The minimum atomic E-state index is -0.592. The summed E-state index contributed by atoms with van der Waals surface area (Å²) in [7, 11) is 0. The molecule has 1 aliphatic rings. The first-order valence-electron chi connectivity index (χ1n) is 8.89. The summed E-state index contributed by atoms with van der Waals surface area (Å²) in [4.78, 5) is 24.5. The molecule has 4 rings (SSSR count). The van der Waals surface area contributed by atoms with Gasteiger partial charge in [-0.2, -0.15) is 5.10 Å². The summed E-state index contributed by atoms with van der Waals surface area (Å²) < 4.78 is 23.0. The van der Waals surface area contributed by atoms with Gasteiger partial charge in [-0.3, -0.25) is 9.69 Å². The highest BCUT2D eigenvalue weighted by molar-refractivity contribution is 5.90. The molecular formula is C18H18FN7O3. The van der Waals surface area contributed by atoms with Gasteiger partial charge in [-0.25, -0.2) is 18.5 Å². The van der Waals surface area contributed by atoms with E-state index in [2.05, 4.69) is 20.7 Å².